The molecule has 4 aliphatic rings. The number of nitrogens with zero attached hydrogens (tertiary/aromatic N) is 6. The van der Waals surface area contributed by atoms with Gasteiger partial charge in [0, 0.05) is 30.8 Å². The first kappa shape index (κ1) is 23.2. The molecule has 0 N–H and O–H groups in total. The Hall–Kier alpha value is -2.91. The van der Waals surface area contributed by atoms with Crippen molar-refractivity contribution in [1.82, 2.24) is 24.5 Å². The molecule has 3 aromatic heterocycles. The number of morpholine rings is 1. The van der Waals surface area contributed by atoms with Crippen molar-refractivity contribution in [3.8, 4) is 0 Å². The van der Waals surface area contributed by atoms with Crippen molar-refractivity contribution in [3.63, 3.8) is 0 Å². The van der Waals surface area contributed by atoms with Crippen LogP contribution < -0.4 is 10.5 Å². The number of hydrogen-bond acceptors (Lipinski definition) is 8. The van der Waals surface area contributed by atoms with Gasteiger partial charge in [-0.15, -0.1) is 0 Å². The summed E-state index contributed by atoms with van der Waals surface area (Å²) in [5.74, 6) is 1.82. The van der Waals surface area contributed by atoms with Crippen molar-refractivity contribution in [3.05, 3.63) is 51.3 Å². The number of aromatic nitrogens is 5. The van der Waals surface area contributed by atoms with Gasteiger partial charge in [-0.2, -0.15) is 4.98 Å². The largest absolute Gasteiger partial charge is 0.380 e. The normalized spacial score (nSPS) is 24.4. The van der Waals surface area contributed by atoms with Crippen LogP contribution in [0, 0.1) is 12.8 Å². The Morgan fingerprint density at radius 1 is 1.03 bits per heavy atom. The highest BCUT2D eigenvalue weighted by Gasteiger charge is 2.32. The molecule has 0 aromatic carbocycles. The van der Waals surface area contributed by atoms with Crippen LogP contribution in [0.5, 0.6) is 0 Å². The molecule has 2 unspecified atom stereocenters. The lowest BCUT2D eigenvalue weighted by Crippen LogP contribution is -2.44. The minimum Gasteiger partial charge on any atom is -0.380 e. The van der Waals surface area contributed by atoms with Crippen LogP contribution in [0.25, 0.3) is 11.2 Å². The summed E-state index contributed by atoms with van der Waals surface area (Å²) in [4.78, 5) is 34.6. The monoisotopic (exact) mass is 502 g/mol. The van der Waals surface area contributed by atoms with E-state index in [1.54, 1.807) is 6.07 Å². The predicted octanol–water partition coefficient (Wildman–Crippen LogP) is 3.65. The summed E-state index contributed by atoms with van der Waals surface area (Å²) in [7, 11) is 0. The van der Waals surface area contributed by atoms with Crippen LogP contribution in [0.3, 0.4) is 0 Å². The molecule has 0 amide bonds. The third-order valence-electron chi connectivity index (χ3n) is 8.13. The Balaban J connectivity index is 1.23. The topological polar surface area (TPSA) is 95.3 Å². The standard InChI is InChI=1S/C28H34N6O3/c1-16-11-33(13-23(37-16)19-6-10-24(35)34(12-19)21-7-8-21)28-30-22(9-5-18-3-4-18)26-27(32-28)29-17(2)25(31-26)20-14-36-15-20/h6,10,12,16,18,20-21,23H,3-5,7-9,11,13-15H2,1-2H3. The number of pyridine rings is 1. The fourth-order valence-corrected chi connectivity index (χ4v) is 5.58. The SMILES string of the molecule is Cc1nc2nc(N3CC(C)OC(c4ccc(=O)n(C5CC5)c4)C3)nc(CCC3CC3)c2nc1C1COC1. The highest BCUT2D eigenvalue weighted by molar-refractivity contribution is 5.74. The van der Waals surface area contributed by atoms with Gasteiger partial charge in [-0.1, -0.05) is 12.8 Å². The van der Waals surface area contributed by atoms with Gasteiger partial charge in [0.2, 0.25) is 5.95 Å². The third-order valence-corrected chi connectivity index (χ3v) is 8.13. The van der Waals surface area contributed by atoms with Gasteiger partial charge in [0.25, 0.3) is 5.56 Å². The van der Waals surface area contributed by atoms with Crippen LogP contribution in [0.2, 0.25) is 0 Å². The molecule has 2 aliphatic heterocycles. The van der Waals surface area contributed by atoms with Crippen molar-refractivity contribution in [1.29, 1.82) is 0 Å². The van der Waals surface area contributed by atoms with Gasteiger partial charge in [-0.25, -0.2) is 15.0 Å². The van der Waals surface area contributed by atoms with Crippen LogP contribution in [0.1, 0.15) is 79.7 Å². The first-order valence-corrected chi connectivity index (χ1v) is 13.8. The summed E-state index contributed by atoms with van der Waals surface area (Å²) in [6.45, 7) is 6.85. The third kappa shape index (κ3) is 4.63. The number of ether oxygens (including phenoxy) is 2. The first-order chi connectivity index (χ1) is 18.0. The van der Waals surface area contributed by atoms with Gasteiger partial charge in [0.05, 0.1) is 42.9 Å². The molecule has 0 radical (unpaired) electrons. The number of hydrogen-bond donors (Lipinski definition) is 0. The first-order valence-electron chi connectivity index (χ1n) is 13.8. The molecule has 0 bridgehead atoms. The van der Waals surface area contributed by atoms with Crippen LogP contribution in [-0.4, -0.2) is 56.9 Å². The predicted molar refractivity (Wildman–Crippen MR) is 139 cm³/mol. The molecule has 2 aliphatic carbocycles. The van der Waals surface area contributed by atoms with E-state index in [-0.39, 0.29) is 17.8 Å². The van der Waals surface area contributed by atoms with Crippen molar-refractivity contribution in [2.45, 2.75) is 76.5 Å². The van der Waals surface area contributed by atoms with Crippen LogP contribution >= 0.6 is 0 Å². The summed E-state index contributed by atoms with van der Waals surface area (Å²) in [5, 5.41) is 0. The zero-order valence-electron chi connectivity index (χ0n) is 21.6. The average molecular weight is 503 g/mol. The maximum atomic E-state index is 12.3. The fraction of sp³-hybridized carbons (Fsp3) is 0.607. The molecule has 37 heavy (non-hydrogen) atoms. The summed E-state index contributed by atoms with van der Waals surface area (Å²) >= 11 is 0. The quantitative estimate of drug-likeness (QED) is 0.483. The smallest absolute Gasteiger partial charge is 0.250 e. The minimum absolute atomic E-state index is 0.00285. The van der Waals surface area contributed by atoms with Crippen LogP contribution in [0.4, 0.5) is 5.95 Å². The Bertz CT molecular complexity index is 1390. The van der Waals surface area contributed by atoms with Gasteiger partial charge in [-0.3, -0.25) is 4.79 Å². The van der Waals surface area contributed by atoms with Crippen molar-refractivity contribution in [2.75, 3.05) is 31.2 Å². The summed E-state index contributed by atoms with van der Waals surface area (Å²) in [6.07, 6.45) is 8.64. The van der Waals surface area contributed by atoms with Gasteiger partial charge in [0.1, 0.15) is 11.6 Å². The Labute approximate surface area is 216 Å². The molecule has 9 heteroatoms. The van der Waals surface area contributed by atoms with E-state index in [1.165, 1.54) is 12.8 Å². The van der Waals surface area contributed by atoms with E-state index in [2.05, 4.69) is 11.8 Å². The number of anilines is 1. The molecule has 2 saturated carbocycles. The summed E-state index contributed by atoms with van der Waals surface area (Å²) in [5.41, 5.74) is 5.55. The second-order valence-electron chi connectivity index (χ2n) is 11.3. The summed E-state index contributed by atoms with van der Waals surface area (Å²) < 4.78 is 13.6. The highest BCUT2D eigenvalue weighted by Crippen LogP contribution is 2.36. The lowest BCUT2D eigenvalue weighted by molar-refractivity contribution is -0.0182. The molecule has 194 valence electrons. The van der Waals surface area contributed by atoms with Gasteiger partial charge in [-0.05, 0) is 57.1 Å². The van der Waals surface area contributed by atoms with E-state index >= 15 is 0 Å². The molecule has 2 atom stereocenters. The van der Waals surface area contributed by atoms with Gasteiger partial charge in [0.15, 0.2) is 5.65 Å². The molecule has 9 nitrogen and oxygen atoms in total. The minimum atomic E-state index is -0.155. The molecule has 3 aromatic rings. The fourth-order valence-electron chi connectivity index (χ4n) is 5.58. The number of aryl methyl sites for hydroxylation is 2. The van der Waals surface area contributed by atoms with Gasteiger partial charge >= 0.3 is 0 Å². The van der Waals surface area contributed by atoms with E-state index in [0.29, 0.717) is 49.9 Å². The van der Waals surface area contributed by atoms with E-state index in [9.17, 15) is 4.79 Å². The zero-order chi connectivity index (χ0) is 25.1. The summed E-state index contributed by atoms with van der Waals surface area (Å²) in [6, 6.07) is 3.91. The van der Waals surface area contributed by atoms with E-state index in [1.807, 2.05) is 23.8 Å². The number of rotatable bonds is 7. The lowest BCUT2D eigenvalue weighted by Gasteiger charge is -2.37. The van der Waals surface area contributed by atoms with E-state index in [0.717, 1.165) is 59.8 Å². The lowest BCUT2D eigenvalue weighted by atomic mass is 10.0. The van der Waals surface area contributed by atoms with E-state index < -0.39 is 0 Å². The molecule has 4 fully saturated rings. The second-order valence-corrected chi connectivity index (χ2v) is 11.3. The molecule has 7 rings (SSSR count). The molecule has 0 spiro atoms. The van der Waals surface area contributed by atoms with Crippen molar-refractivity contribution >= 4 is 17.1 Å². The highest BCUT2D eigenvalue weighted by atomic mass is 16.5. The Kier molecular flexibility index (Phi) is 5.73. The van der Waals surface area contributed by atoms with Crippen molar-refractivity contribution < 1.29 is 9.47 Å². The van der Waals surface area contributed by atoms with E-state index in [4.69, 9.17) is 29.4 Å². The Morgan fingerprint density at radius 3 is 2.59 bits per heavy atom. The number of fused-ring (bicyclic) bond motifs is 1. The molecule has 5 heterocycles. The van der Waals surface area contributed by atoms with Gasteiger partial charge < -0.3 is 18.9 Å². The average Bonchev–Trinajstić information content (AvgIpc) is 3.76. The Morgan fingerprint density at radius 2 is 1.86 bits per heavy atom. The molecular weight excluding hydrogens is 468 g/mol. The molecular formula is C28H34N6O3. The molecule has 2 saturated heterocycles. The maximum Gasteiger partial charge on any atom is 0.250 e. The second kappa shape index (κ2) is 9.13. The zero-order valence-corrected chi connectivity index (χ0v) is 21.6. The van der Waals surface area contributed by atoms with Crippen LogP contribution in [0.15, 0.2) is 23.1 Å². The van der Waals surface area contributed by atoms with Crippen LogP contribution in [-0.2, 0) is 15.9 Å². The maximum absolute atomic E-state index is 12.3. The van der Waals surface area contributed by atoms with Crippen molar-refractivity contribution in [2.24, 2.45) is 5.92 Å².